The molecule has 44 heavy (non-hydrogen) atoms. The molecule has 0 bridgehead atoms. The molecule has 1 aliphatic carbocycles. The van der Waals surface area contributed by atoms with E-state index in [1.165, 1.54) is 71.3 Å². The molecular weight excluding hydrogens is 532 g/mol. The van der Waals surface area contributed by atoms with Gasteiger partial charge in [-0.1, -0.05) is 133 Å². The Morgan fingerprint density at radius 2 is 1.00 bits per heavy atom. The van der Waals surface area contributed by atoms with E-state index in [2.05, 4.69) is 133 Å². The van der Waals surface area contributed by atoms with Crippen molar-refractivity contribution in [1.29, 1.82) is 0 Å². The van der Waals surface area contributed by atoms with E-state index in [0.717, 1.165) is 22.8 Å². The van der Waals surface area contributed by atoms with Gasteiger partial charge in [-0.25, -0.2) is 0 Å². The Kier molecular flexibility index (Phi) is 5.55. The van der Waals surface area contributed by atoms with Crippen LogP contribution in [0, 0.1) is 0 Å². The quantitative estimate of drug-likeness (QED) is 0.196. The van der Waals surface area contributed by atoms with Gasteiger partial charge in [0.15, 0.2) is 5.78 Å². The Morgan fingerprint density at radius 1 is 0.386 bits per heavy atom. The summed E-state index contributed by atoms with van der Waals surface area (Å²) in [6.45, 7) is 0. The van der Waals surface area contributed by atoms with E-state index in [0.29, 0.717) is 6.42 Å². The topological polar surface area (TPSA) is 17.1 Å². The number of benzene rings is 8. The minimum absolute atomic E-state index is 0.247. The molecule has 1 aliphatic rings. The van der Waals surface area contributed by atoms with E-state index in [4.69, 9.17) is 0 Å². The second kappa shape index (κ2) is 9.76. The Morgan fingerprint density at radius 3 is 1.77 bits per heavy atom. The number of hydrogen-bond acceptors (Lipinski definition) is 1. The summed E-state index contributed by atoms with van der Waals surface area (Å²) in [7, 11) is 0. The van der Waals surface area contributed by atoms with Crippen LogP contribution in [0.5, 0.6) is 0 Å². The minimum Gasteiger partial charge on any atom is -0.294 e. The maximum Gasteiger partial charge on any atom is 0.163 e. The number of hydrogen-bond donors (Lipinski definition) is 0. The van der Waals surface area contributed by atoms with Gasteiger partial charge in [0, 0.05) is 12.0 Å². The smallest absolute Gasteiger partial charge is 0.163 e. The summed E-state index contributed by atoms with van der Waals surface area (Å²) < 4.78 is 0. The summed E-state index contributed by atoms with van der Waals surface area (Å²) >= 11 is 0. The highest BCUT2D eigenvalue weighted by molar-refractivity contribution is 6.25. The van der Waals surface area contributed by atoms with E-state index in [9.17, 15) is 4.79 Å². The number of Topliss-reactive ketones (excluding diaryl/α,β-unsaturated/α-hetero) is 1. The van der Waals surface area contributed by atoms with Crippen LogP contribution < -0.4 is 0 Å². The van der Waals surface area contributed by atoms with Crippen molar-refractivity contribution in [2.24, 2.45) is 0 Å². The highest BCUT2D eigenvalue weighted by Crippen LogP contribution is 2.46. The Hall–Kier alpha value is -5.53. The van der Waals surface area contributed by atoms with Crippen molar-refractivity contribution in [1.82, 2.24) is 0 Å². The van der Waals surface area contributed by atoms with Crippen molar-refractivity contribution in [3.8, 4) is 33.4 Å². The van der Waals surface area contributed by atoms with E-state index >= 15 is 0 Å². The fourth-order valence-corrected chi connectivity index (χ4v) is 7.47. The summed E-state index contributed by atoms with van der Waals surface area (Å²) in [6, 6.07) is 52.6. The van der Waals surface area contributed by atoms with Crippen molar-refractivity contribution >= 4 is 48.9 Å². The highest BCUT2D eigenvalue weighted by Gasteiger charge is 2.23. The minimum atomic E-state index is 0.247. The highest BCUT2D eigenvalue weighted by atomic mass is 16.1. The first-order valence-electron chi connectivity index (χ1n) is 15.4. The lowest BCUT2D eigenvalue weighted by atomic mass is 9.81. The fraction of sp³-hybridized carbons (Fsp3) is 0.0465. The zero-order chi connectivity index (χ0) is 29.2. The molecule has 0 saturated heterocycles. The molecule has 0 amide bonds. The molecule has 0 fully saturated rings. The largest absolute Gasteiger partial charge is 0.294 e. The van der Waals surface area contributed by atoms with Crippen LogP contribution in [0.25, 0.3) is 76.5 Å². The first-order chi connectivity index (χ1) is 21.7. The molecule has 8 aromatic carbocycles. The van der Waals surface area contributed by atoms with Crippen molar-refractivity contribution in [3.63, 3.8) is 0 Å². The Bertz CT molecular complexity index is 2410. The lowest BCUT2D eigenvalue weighted by Crippen LogP contribution is -2.09. The molecule has 206 valence electrons. The number of carbonyl (C=O) groups excluding carboxylic acids is 1. The number of ketones is 1. The van der Waals surface area contributed by atoms with Crippen LogP contribution in [0.2, 0.25) is 0 Å². The zero-order valence-corrected chi connectivity index (χ0v) is 24.2. The van der Waals surface area contributed by atoms with Gasteiger partial charge in [-0.05, 0) is 101 Å². The van der Waals surface area contributed by atoms with Crippen molar-refractivity contribution < 1.29 is 4.79 Å². The molecule has 0 unspecified atom stereocenters. The van der Waals surface area contributed by atoms with Crippen LogP contribution in [0.4, 0.5) is 0 Å². The molecular formula is C43H28O. The molecule has 9 rings (SSSR count). The van der Waals surface area contributed by atoms with Gasteiger partial charge in [0.05, 0.1) is 0 Å². The second-order valence-corrected chi connectivity index (χ2v) is 11.9. The van der Waals surface area contributed by atoms with Gasteiger partial charge in [-0.15, -0.1) is 0 Å². The van der Waals surface area contributed by atoms with Crippen LogP contribution >= 0.6 is 0 Å². The van der Waals surface area contributed by atoms with Gasteiger partial charge in [0.25, 0.3) is 0 Å². The molecule has 0 atom stereocenters. The molecule has 0 heterocycles. The summed E-state index contributed by atoms with van der Waals surface area (Å²) in [4.78, 5) is 12.9. The molecule has 0 spiro atoms. The van der Waals surface area contributed by atoms with E-state index in [-0.39, 0.29) is 5.78 Å². The summed E-state index contributed by atoms with van der Waals surface area (Å²) in [5, 5.41) is 9.69. The van der Waals surface area contributed by atoms with E-state index in [1.807, 2.05) is 12.1 Å². The summed E-state index contributed by atoms with van der Waals surface area (Å²) in [6.07, 6.45) is 1.39. The maximum absolute atomic E-state index is 12.9. The average Bonchev–Trinajstić information content (AvgIpc) is 3.09. The first kappa shape index (κ1) is 25.0. The molecule has 0 aliphatic heterocycles. The average molecular weight is 561 g/mol. The number of aryl methyl sites for hydroxylation is 1. The SMILES string of the molecule is O=C1CCc2ccc(-c3c4ccccc4c(-c4cccc(-c5ccc6ccccc6c5)c4)c4ccccc34)c3cccc1c23. The molecule has 1 heteroatoms. The predicted molar refractivity (Wildman–Crippen MR) is 185 cm³/mol. The van der Waals surface area contributed by atoms with Gasteiger partial charge < -0.3 is 0 Å². The normalized spacial score (nSPS) is 12.9. The van der Waals surface area contributed by atoms with Crippen LogP contribution in [0.15, 0.2) is 146 Å². The van der Waals surface area contributed by atoms with Crippen LogP contribution in [0.1, 0.15) is 22.3 Å². The molecule has 0 aromatic heterocycles. The Labute approximate surface area is 256 Å². The molecule has 0 radical (unpaired) electrons. The van der Waals surface area contributed by atoms with E-state index < -0.39 is 0 Å². The molecule has 8 aromatic rings. The fourth-order valence-electron chi connectivity index (χ4n) is 7.47. The zero-order valence-electron chi connectivity index (χ0n) is 24.2. The number of fused-ring (bicyclic) bond motifs is 3. The first-order valence-corrected chi connectivity index (χ1v) is 15.4. The lowest BCUT2D eigenvalue weighted by Gasteiger charge is -2.22. The third-order valence-corrected chi connectivity index (χ3v) is 9.48. The monoisotopic (exact) mass is 560 g/mol. The summed E-state index contributed by atoms with van der Waals surface area (Å²) in [5.74, 6) is 0.247. The van der Waals surface area contributed by atoms with Crippen molar-refractivity contribution in [2.75, 3.05) is 0 Å². The maximum atomic E-state index is 12.9. The Balaban J connectivity index is 1.33. The van der Waals surface area contributed by atoms with Crippen molar-refractivity contribution in [3.05, 3.63) is 157 Å². The van der Waals surface area contributed by atoms with Gasteiger partial charge in [0.1, 0.15) is 0 Å². The lowest BCUT2D eigenvalue weighted by molar-refractivity contribution is 0.0982. The summed E-state index contributed by atoms with van der Waals surface area (Å²) in [5.41, 5.74) is 9.43. The molecule has 1 nitrogen and oxygen atoms in total. The van der Waals surface area contributed by atoms with Crippen LogP contribution in [0.3, 0.4) is 0 Å². The van der Waals surface area contributed by atoms with Crippen LogP contribution in [-0.4, -0.2) is 5.78 Å². The predicted octanol–water partition coefficient (Wildman–Crippen LogP) is 11.4. The number of rotatable bonds is 3. The second-order valence-electron chi connectivity index (χ2n) is 11.9. The van der Waals surface area contributed by atoms with Gasteiger partial charge in [-0.3, -0.25) is 4.79 Å². The molecule has 0 N–H and O–H groups in total. The van der Waals surface area contributed by atoms with Gasteiger partial charge >= 0.3 is 0 Å². The number of carbonyl (C=O) groups is 1. The van der Waals surface area contributed by atoms with Gasteiger partial charge in [-0.2, -0.15) is 0 Å². The molecule has 0 saturated carbocycles. The third-order valence-electron chi connectivity index (χ3n) is 9.48. The standard InChI is InChI=1S/C43H28O/c44-40-24-22-28-21-23-38(35-17-8-18-39(40)41(28)35)43-36-15-5-3-13-33(36)42(34-14-4-6-16-37(34)43)32-12-7-11-30(26-32)31-20-19-27-9-1-2-10-29(27)25-31/h1-21,23,25-26H,22,24H2. The third kappa shape index (κ3) is 3.76. The van der Waals surface area contributed by atoms with Crippen molar-refractivity contribution in [2.45, 2.75) is 12.8 Å². The van der Waals surface area contributed by atoms with Crippen LogP contribution in [-0.2, 0) is 6.42 Å². The van der Waals surface area contributed by atoms with Gasteiger partial charge in [0.2, 0.25) is 0 Å². The van der Waals surface area contributed by atoms with E-state index in [1.54, 1.807) is 0 Å².